The molecule has 1 aliphatic carbocycles. The highest BCUT2D eigenvalue weighted by atomic mass is 32.1. The number of hydrogen-bond acceptors (Lipinski definition) is 3. The number of rotatable bonds is 2. The Bertz CT molecular complexity index is 426. The molecule has 82 valence electrons. The first-order valence-electron chi connectivity index (χ1n) is 5.10. The van der Waals surface area contributed by atoms with Gasteiger partial charge in [0.15, 0.2) is 11.6 Å². The van der Waals surface area contributed by atoms with Gasteiger partial charge in [-0.15, -0.1) is 0 Å². The molecule has 1 aromatic rings. The molecule has 0 unspecified atom stereocenters. The van der Waals surface area contributed by atoms with Gasteiger partial charge in [-0.25, -0.2) is 0 Å². The minimum atomic E-state index is -0.727. The molecular formula is C12H11NO2S. The Hall–Kier alpha value is -1.55. The lowest BCUT2D eigenvalue weighted by Crippen LogP contribution is -2.29. The van der Waals surface area contributed by atoms with Crippen molar-refractivity contribution in [2.24, 2.45) is 5.92 Å². The van der Waals surface area contributed by atoms with Crippen LogP contribution < -0.4 is 5.32 Å². The second-order valence-corrected chi connectivity index (χ2v) is 4.16. The van der Waals surface area contributed by atoms with Crippen LogP contribution in [-0.4, -0.2) is 16.6 Å². The Morgan fingerprint density at radius 1 is 1.12 bits per heavy atom. The minimum Gasteiger partial charge on any atom is -0.349 e. The highest BCUT2D eigenvalue weighted by molar-refractivity contribution is 7.80. The molecule has 4 heteroatoms. The molecule has 0 spiro atoms. The number of ketones is 2. The van der Waals surface area contributed by atoms with Crippen molar-refractivity contribution in [3.05, 3.63) is 30.3 Å². The van der Waals surface area contributed by atoms with E-state index >= 15 is 0 Å². The summed E-state index contributed by atoms with van der Waals surface area (Å²) < 4.78 is 0. The lowest BCUT2D eigenvalue weighted by molar-refractivity contribution is -0.124. The van der Waals surface area contributed by atoms with Gasteiger partial charge < -0.3 is 5.32 Å². The van der Waals surface area contributed by atoms with Crippen molar-refractivity contribution in [3.63, 3.8) is 0 Å². The summed E-state index contributed by atoms with van der Waals surface area (Å²) in [6.45, 7) is 0. The molecule has 0 aromatic heterocycles. The Kier molecular flexibility index (Phi) is 3.10. The van der Waals surface area contributed by atoms with Crippen LogP contribution in [0, 0.1) is 5.92 Å². The molecule has 1 aliphatic rings. The lowest BCUT2D eigenvalue weighted by Gasteiger charge is -2.11. The Morgan fingerprint density at radius 2 is 1.69 bits per heavy atom. The van der Waals surface area contributed by atoms with Crippen LogP contribution in [-0.2, 0) is 9.59 Å². The number of para-hydroxylation sites is 1. The van der Waals surface area contributed by atoms with Gasteiger partial charge in [0.1, 0.15) is 5.92 Å². The maximum absolute atomic E-state index is 11.5. The monoisotopic (exact) mass is 233 g/mol. The van der Waals surface area contributed by atoms with Gasteiger partial charge in [-0.05, 0) is 12.1 Å². The van der Waals surface area contributed by atoms with Crippen LogP contribution in [0.25, 0.3) is 0 Å². The number of hydrogen-bond donors (Lipinski definition) is 1. The van der Waals surface area contributed by atoms with Crippen molar-refractivity contribution < 1.29 is 9.59 Å². The van der Waals surface area contributed by atoms with Crippen molar-refractivity contribution in [2.45, 2.75) is 12.8 Å². The molecular weight excluding hydrogens is 222 g/mol. The van der Waals surface area contributed by atoms with Gasteiger partial charge in [0.25, 0.3) is 0 Å². The molecule has 0 saturated heterocycles. The first kappa shape index (κ1) is 11.0. The van der Waals surface area contributed by atoms with Gasteiger partial charge in [-0.3, -0.25) is 9.59 Å². The molecule has 0 radical (unpaired) electrons. The fourth-order valence-corrected chi connectivity index (χ4v) is 2.12. The summed E-state index contributed by atoms with van der Waals surface area (Å²) in [6, 6.07) is 9.30. The third-order valence-electron chi connectivity index (χ3n) is 2.57. The van der Waals surface area contributed by atoms with Gasteiger partial charge in [0.05, 0.1) is 4.99 Å². The molecule has 16 heavy (non-hydrogen) atoms. The third kappa shape index (κ3) is 2.17. The summed E-state index contributed by atoms with van der Waals surface area (Å²) in [4.78, 5) is 23.3. The van der Waals surface area contributed by atoms with E-state index in [0.717, 1.165) is 5.69 Å². The highest BCUT2D eigenvalue weighted by Gasteiger charge is 2.36. The maximum atomic E-state index is 11.5. The zero-order valence-corrected chi connectivity index (χ0v) is 9.42. The van der Waals surface area contributed by atoms with E-state index in [1.165, 1.54) is 0 Å². The lowest BCUT2D eigenvalue weighted by atomic mass is 10.1. The average Bonchev–Trinajstić information content (AvgIpc) is 2.60. The molecule has 0 aliphatic heterocycles. The smallest absolute Gasteiger partial charge is 0.150 e. The summed E-state index contributed by atoms with van der Waals surface area (Å²) in [7, 11) is 0. The number of thiocarbonyl (C=S) groups is 1. The van der Waals surface area contributed by atoms with Crippen molar-refractivity contribution in [1.82, 2.24) is 0 Å². The van der Waals surface area contributed by atoms with E-state index in [1.54, 1.807) is 0 Å². The number of anilines is 1. The molecule has 2 rings (SSSR count). The second-order valence-electron chi connectivity index (χ2n) is 3.72. The van der Waals surface area contributed by atoms with Gasteiger partial charge in [0.2, 0.25) is 0 Å². The molecule has 3 nitrogen and oxygen atoms in total. The van der Waals surface area contributed by atoms with Gasteiger partial charge >= 0.3 is 0 Å². The molecule has 1 fully saturated rings. The summed E-state index contributed by atoms with van der Waals surface area (Å²) in [5.74, 6) is -0.868. The molecule has 0 amide bonds. The van der Waals surface area contributed by atoms with Crippen LogP contribution >= 0.6 is 12.2 Å². The standard InChI is InChI=1S/C12H11NO2S/c14-9-6-7-10(15)11(9)12(16)13-8-4-2-1-3-5-8/h1-5,11H,6-7H2,(H,13,16). The fourth-order valence-electron chi connectivity index (χ4n) is 1.74. The Balaban J connectivity index is 2.09. The highest BCUT2D eigenvalue weighted by Crippen LogP contribution is 2.20. The van der Waals surface area contributed by atoms with E-state index in [-0.39, 0.29) is 11.6 Å². The molecule has 1 aromatic carbocycles. The summed E-state index contributed by atoms with van der Waals surface area (Å²) in [6.07, 6.45) is 0.639. The predicted molar refractivity (Wildman–Crippen MR) is 65.4 cm³/mol. The number of carbonyl (C=O) groups is 2. The van der Waals surface area contributed by atoms with Crippen molar-refractivity contribution in [1.29, 1.82) is 0 Å². The van der Waals surface area contributed by atoms with Crippen LogP contribution in [0.2, 0.25) is 0 Å². The molecule has 1 N–H and O–H groups in total. The molecule has 0 bridgehead atoms. The first-order chi connectivity index (χ1) is 7.68. The largest absolute Gasteiger partial charge is 0.349 e. The third-order valence-corrected chi connectivity index (χ3v) is 2.90. The van der Waals surface area contributed by atoms with E-state index in [4.69, 9.17) is 12.2 Å². The zero-order chi connectivity index (χ0) is 11.5. The van der Waals surface area contributed by atoms with E-state index in [2.05, 4.69) is 5.32 Å². The van der Waals surface area contributed by atoms with Crippen LogP contribution in [0.4, 0.5) is 5.69 Å². The Morgan fingerprint density at radius 3 is 2.25 bits per heavy atom. The quantitative estimate of drug-likeness (QED) is 0.626. The normalized spacial score (nSPS) is 16.5. The minimum absolute atomic E-state index is 0.0709. The van der Waals surface area contributed by atoms with Gasteiger partial charge in [-0.1, -0.05) is 30.4 Å². The summed E-state index contributed by atoms with van der Waals surface area (Å²) in [5.41, 5.74) is 0.806. The van der Waals surface area contributed by atoms with Gasteiger partial charge in [-0.2, -0.15) is 0 Å². The summed E-state index contributed by atoms with van der Waals surface area (Å²) >= 11 is 5.10. The number of benzene rings is 1. The van der Waals surface area contributed by atoms with E-state index in [1.807, 2.05) is 30.3 Å². The van der Waals surface area contributed by atoms with E-state index in [9.17, 15) is 9.59 Å². The van der Waals surface area contributed by atoms with Crippen molar-refractivity contribution in [3.8, 4) is 0 Å². The average molecular weight is 233 g/mol. The van der Waals surface area contributed by atoms with E-state index < -0.39 is 5.92 Å². The van der Waals surface area contributed by atoms with Crippen LogP contribution in [0.1, 0.15) is 12.8 Å². The topological polar surface area (TPSA) is 46.2 Å². The predicted octanol–water partition coefficient (Wildman–Crippen LogP) is 1.97. The van der Waals surface area contributed by atoms with Crippen LogP contribution in [0.5, 0.6) is 0 Å². The van der Waals surface area contributed by atoms with Crippen LogP contribution in [0.15, 0.2) is 30.3 Å². The zero-order valence-electron chi connectivity index (χ0n) is 8.60. The SMILES string of the molecule is O=C1CCC(=O)C1C(=S)Nc1ccccc1. The van der Waals surface area contributed by atoms with Crippen LogP contribution in [0.3, 0.4) is 0 Å². The maximum Gasteiger partial charge on any atom is 0.150 e. The number of Topliss-reactive ketones (excluding diaryl/α,β-unsaturated/α-hetero) is 2. The fraction of sp³-hybridized carbons (Fsp3) is 0.250. The summed E-state index contributed by atoms with van der Waals surface area (Å²) in [5, 5.41) is 2.93. The van der Waals surface area contributed by atoms with Crippen molar-refractivity contribution >= 4 is 34.5 Å². The number of nitrogens with one attached hydrogen (secondary N) is 1. The number of carbonyl (C=O) groups excluding carboxylic acids is 2. The van der Waals surface area contributed by atoms with Gasteiger partial charge in [0, 0.05) is 18.5 Å². The van der Waals surface area contributed by atoms with Crippen molar-refractivity contribution in [2.75, 3.05) is 5.32 Å². The first-order valence-corrected chi connectivity index (χ1v) is 5.50. The van der Waals surface area contributed by atoms with E-state index in [0.29, 0.717) is 17.8 Å². The molecule has 0 heterocycles. The Labute approximate surface area is 98.8 Å². The molecule has 1 saturated carbocycles. The molecule has 0 atom stereocenters. The second kappa shape index (κ2) is 4.53.